The topological polar surface area (TPSA) is 56.4 Å². The first kappa shape index (κ1) is 17.0. The number of aromatic amines is 1. The summed E-state index contributed by atoms with van der Waals surface area (Å²) in [6, 6.07) is 15.2. The maximum atomic E-state index is 13.1. The molecule has 0 saturated carbocycles. The quantitative estimate of drug-likeness (QED) is 0.518. The molecule has 0 fully saturated rings. The molecule has 4 aromatic rings. The van der Waals surface area contributed by atoms with Crippen LogP contribution in [0.3, 0.4) is 0 Å². The zero-order chi connectivity index (χ0) is 19.1. The first-order chi connectivity index (χ1) is 13.7. The first-order valence-corrected chi connectivity index (χ1v) is 10.5. The number of hydrogen-bond donors (Lipinski definition) is 1. The van der Waals surface area contributed by atoms with Crippen molar-refractivity contribution >= 4 is 45.4 Å². The molecule has 0 unspecified atom stereocenters. The summed E-state index contributed by atoms with van der Waals surface area (Å²) in [6.07, 6.45) is 4.73. The molecule has 0 radical (unpaired) electrons. The second-order valence-electron chi connectivity index (χ2n) is 6.34. The number of nitrogens with one attached hydrogen (secondary N) is 1. The van der Waals surface area contributed by atoms with Crippen LogP contribution in [0.4, 0.5) is 0 Å². The molecule has 0 atom stereocenters. The van der Waals surface area contributed by atoms with Crippen LogP contribution in [0.15, 0.2) is 77.9 Å². The average Bonchev–Trinajstić information content (AvgIpc) is 3.52. The SMILES string of the molecule is O=C(c1cccs1)N1C=CN(C(=O)c2cccs2)C1c1c[nH]c2ccccc12. The molecule has 3 aromatic heterocycles. The van der Waals surface area contributed by atoms with Crippen molar-refractivity contribution in [3.05, 3.63) is 93.2 Å². The summed E-state index contributed by atoms with van der Waals surface area (Å²) in [5.41, 5.74) is 1.85. The number of fused-ring (bicyclic) bond motifs is 1. The van der Waals surface area contributed by atoms with Crippen molar-refractivity contribution in [1.29, 1.82) is 0 Å². The normalized spacial score (nSPS) is 14.3. The Morgan fingerprint density at radius 1 is 0.821 bits per heavy atom. The summed E-state index contributed by atoms with van der Waals surface area (Å²) in [4.78, 5) is 34.1. The van der Waals surface area contributed by atoms with E-state index >= 15 is 0 Å². The maximum absolute atomic E-state index is 13.1. The molecule has 1 aliphatic rings. The van der Waals surface area contributed by atoms with Gasteiger partial charge in [0.1, 0.15) is 6.17 Å². The molecular formula is C21H15N3O2S2. The van der Waals surface area contributed by atoms with Gasteiger partial charge in [-0.1, -0.05) is 30.3 Å². The van der Waals surface area contributed by atoms with Gasteiger partial charge in [0, 0.05) is 35.1 Å². The number of para-hydroxylation sites is 1. The van der Waals surface area contributed by atoms with Gasteiger partial charge in [0.2, 0.25) is 0 Å². The van der Waals surface area contributed by atoms with Gasteiger partial charge in [-0.05, 0) is 29.0 Å². The standard InChI is InChI=1S/C21H15N3O2S2/c25-20(17-7-3-11-27-17)23-9-10-24(21(26)18-8-4-12-28-18)19(23)15-13-22-16-6-2-1-5-14(15)16/h1-13,19,22H. The Labute approximate surface area is 169 Å². The Kier molecular flexibility index (Phi) is 4.11. The lowest BCUT2D eigenvalue weighted by atomic mass is 10.1. The van der Waals surface area contributed by atoms with Crippen LogP contribution in [0.2, 0.25) is 0 Å². The van der Waals surface area contributed by atoms with Crippen molar-refractivity contribution < 1.29 is 9.59 Å². The number of carbonyl (C=O) groups is 2. The van der Waals surface area contributed by atoms with Gasteiger partial charge in [0.05, 0.1) is 9.75 Å². The number of amides is 2. The first-order valence-electron chi connectivity index (χ1n) is 8.71. The van der Waals surface area contributed by atoms with Crippen LogP contribution in [-0.4, -0.2) is 26.6 Å². The molecule has 1 aliphatic heterocycles. The fraction of sp³-hybridized carbons (Fsp3) is 0.0476. The number of nitrogens with zero attached hydrogens (tertiary/aromatic N) is 2. The van der Waals surface area contributed by atoms with Gasteiger partial charge in [-0.15, -0.1) is 22.7 Å². The fourth-order valence-electron chi connectivity index (χ4n) is 3.46. The van der Waals surface area contributed by atoms with E-state index in [1.54, 1.807) is 34.3 Å². The minimum absolute atomic E-state index is 0.122. The van der Waals surface area contributed by atoms with Crippen LogP contribution < -0.4 is 0 Å². The highest BCUT2D eigenvalue weighted by atomic mass is 32.1. The minimum atomic E-state index is -0.541. The number of carbonyl (C=O) groups excluding carboxylic acids is 2. The van der Waals surface area contributed by atoms with Crippen molar-refractivity contribution in [2.24, 2.45) is 0 Å². The summed E-state index contributed by atoms with van der Waals surface area (Å²) < 4.78 is 0. The smallest absolute Gasteiger partial charge is 0.269 e. The number of thiophene rings is 2. The van der Waals surface area contributed by atoms with E-state index in [1.807, 2.05) is 53.4 Å². The Balaban J connectivity index is 1.61. The average molecular weight is 406 g/mol. The third-order valence-electron chi connectivity index (χ3n) is 4.75. The molecule has 138 valence electrons. The van der Waals surface area contributed by atoms with Crippen LogP contribution >= 0.6 is 22.7 Å². The molecule has 7 heteroatoms. The third kappa shape index (κ3) is 2.67. The molecule has 0 aliphatic carbocycles. The molecule has 1 N–H and O–H groups in total. The summed E-state index contributed by atoms with van der Waals surface area (Å²) in [5, 5.41) is 4.74. The van der Waals surface area contributed by atoms with E-state index in [0.717, 1.165) is 16.5 Å². The lowest BCUT2D eigenvalue weighted by Gasteiger charge is -2.29. The Morgan fingerprint density at radius 3 is 2.00 bits per heavy atom. The molecule has 28 heavy (non-hydrogen) atoms. The molecule has 1 aromatic carbocycles. The van der Waals surface area contributed by atoms with Crippen molar-refractivity contribution in [2.75, 3.05) is 0 Å². The maximum Gasteiger partial charge on any atom is 0.269 e. The predicted octanol–water partition coefficient (Wildman–Crippen LogP) is 5.06. The van der Waals surface area contributed by atoms with E-state index in [1.165, 1.54) is 22.7 Å². The van der Waals surface area contributed by atoms with E-state index < -0.39 is 6.17 Å². The van der Waals surface area contributed by atoms with E-state index in [4.69, 9.17) is 0 Å². The minimum Gasteiger partial charge on any atom is -0.361 e. The molecule has 0 bridgehead atoms. The Hall–Kier alpha value is -3.16. The number of hydrogen-bond acceptors (Lipinski definition) is 4. The van der Waals surface area contributed by atoms with Crippen molar-refractivity contribution in [2.45, 2.75) is 6.17 Å². The van der Waals surface area contributed by atoms with Gasteiger partial charge in [-0.3, -0.25) is 19.4 Å². The van der Waals surface area contributed by atoms with E-state index in [-0.39, 0.29) is 11.8 Å². The van der Waals surface area contributed by atoms with Gasteiger partial charge in [-0.2, -0.15) is 0 Å². The van der Waals surface area contributed by atoms with Crippen molar-refractivity contribution in [3.8, 4) is 0 Å². The third-order valence-corrected chi connectivity index (χ3v) is 6.46. The molecular weight excluding hydrogens is 390 g/mol. The van der Waals surface area contributed by atoms with Crippen LogP contribution in [0, 0.1) is 0 Å². The molecule has 2 amide bonds. The number of benzene rings is 1. The molecule has 0 saturated heterocycles. The molecule has 0 spiro atoms. The van der Waals surface area contributed by atoms with E-state index in [9.17, 15) is 9.59 Å². The van der Waals surface area contributed by atoms with E-state index in [0.29, 0.717) is 9.75 Å². The predicted molar refractivity (Wildman–Crippen MR) is 111 cm³/mol. The van der Waals surface area contributed by atoms with Crippen LogP contribution in [0.1, 0.15) is 31.1 Å². The molecule has 5 nitrogen and oxygen atoms in total. The zero-order valence-electron chi connectivity index (χ0n) is 14.6. The second-order valence-corrected chi connectivity index (χ2v) is 8.24. The van der Waals surface area contributed by atoms with Gasteiger partial charge in [0.15, 0.2) is 0 Å². The zero-order valence-corrected chi connectivity index (χ0v) is 16.2. The highest BCUT2D eigenvalue weighted by molar-refractivity contribution is 7.12. The summed E-state index contributed by atoms with van der Waals surface area (Å²) in [7, 11) is 0. The van der Waals surface area contributed by atoms with Gasteiger partial charge < -0.3 is 4.98 Å². The van der Waals surface area contributed by atoms with Gasteiger partial charge in [0.25, 0.3) is 11.8 Å². The van der Waals surface area contributed by atoms with Crippen LogP contribution in [0.5, 0.6) is 0 Å². The number of aromatic nitrogens is 1. The number of H-pyrrole nitrogens is 1. The monoisotopic (exact) mass is 405 g/mol. The Morgan fingerprint density at radius 2 is 1.43 bits per heavy atom. The largest absolute Gasteiger partial charge is 0.361 e. The molecule has 5 rings (SSSR count). The number of rotatable bonds is 3. The lowest BCUT2D eigenvalue weighted by Crippen LogP contribution is -2.37. The van der Waals surface area contributed by atoms with Crippen molar-refractivity contribution in [1.82, 2.24) is 14.8 Å². The van der Waals surface area contributed by atoms with E-state index in [2.05, 4.69) is 4.98 Å². The highest BCUT2D eigenvalue weighted by Crippen LogP contribution is 2.37. The van der Waals surface area contributed by atoms with Crippen molar-refractivity contribution in [3.63, 3.8) is 0 Å². The summed E-state index contributed by atoms with van der Waals surface area (Å²) >= 11 is 2.79. The fourth-order valence-corrected chi connectivity index (χ4v) is 4.79. The highest BCUT2D eigenvalue weighted by Gasteiger charge is 2.38. The summed E-state index contributed by atoms with van der Waals surface area (Å²) in [5.74, 6) is -0.244. The van der Waals surface area contributed by atoms with Gasteiger partial charge in [-0.25, -0.2) is 0 Å². The molecule has 4 heterocycles. The van der Waals surface area contributed by atoms with Crippen LogP contribution in [-0.2, 0) is 0 Å². The lowest BCUT2D eigenvalue weighted by molar-refractivity contribution is 0.0587. The van der Waals surface area contributed by atoms with Crippen LogP contribution in [0.25, 0.3) is 10.9 Å². The Bertz CT molecular complexity index is 1120. The second kappa shape index (κ2) is 6.78. The van der Waals surface area contributed by atoms with Gasteiger partial charge >= 0.3 is 0 Å². The summed E-state index contributed by atoms with van der Waals surface area (Å²) in [6.45, 7) is 0.